The van der Waals surface area contributed by atoms with Gasteiger partial charge in [-0.15, -0.1) is 0 Å². The molecule has 0 saturated heterocycles. The number of nitro benzene ring substituents is 1. The SMILES string of the molecule is Cc1ccc(NC(=O)c2nc[nH]c2C(=O)Nc2ccc([N+](=O)[O-])cc2)cc1. The average molecular weight is 365 g/mol. The first kappa shape index (κ1) is 17.8. The number of aryl methyl sites for hydroxylation is 1. The number of non-ortho nitro benzene ring substituents is 1. The number of benzene rings is 2. The van der Waals surface area contributed by atoms with Crippen molar-refractivity contribution >= 4 is 28.9 Å². The minimum Gasteiger partial charge on any atom is -0.340 e. The number of anilines is 2. The second-order valence-electron chi connectivity index (χ2n) is 5.70. The summed E-state index contributed by atoms with van der Waals surface area (Å²) >= 11 is 0. The van der Waals surface area contributed by atoms with Crippen LogP contribution in [-0.2, 0) is 0 Å². The van der Waals surface area contributed by atoms with Crippen molar-refractivity contribution in [3.8, 4) is 0 Å². The zero-order chi connectivity index (χ0) is 19.4. The number of imidazole rings is 1. The number of rotatable bonds is 5. The average Bonchev–Trinajstić information content (AvgIpc) is 3.14. The number of carbonyl (C=O) groups excluding carboxylic acids is 2. The Morgan fingerprint density at radius 2 is 1.52 bits per heavy atom. The summed E-state index contributed by atoms with van der Waals surface area (Å²) in [4.78, 5) is 41.5. The molecule has 0 atom stereocenters. The van der Waals surface area contributed by atoms with Gasteiger partial charge in [0.1, 0.15) is 5.69 Å². The van der Waals surface area contributed by atoms with E-state index in [9.17, 15) is 19.7 Å². The largest absolute Gasteiger partial charge is 0.340 e. The van der Waals surface area contributed by atoms with Crippen molar-refractivity contribution in [1.29, 1.82) is 0 Å². The maximum Gasteiger partial charge on any atom is 0.276 e. The number of H-pyrrole nitrogens is 1. The fourth-order valence-corrected chi connectivity index (χ4v) is 2.33. The zero-order valence-electron chi connectivity index (χ0n) is 14.2. The van der Waals surface area contributed by atoms with Gasteiger partial charge in [-0.3, -0.25) is 19.7 Å². The highest BCUT2D eigenvalue weighted by molar-refractivity contribution is 6.13. The first-order chi connectivity index (χ1) is 12.9. The maximum atomic E-state index is 12.4. The number of hydrogen-bond acceptors (Lipinski definition) is 5. The fourth-order valence-electron chi connectivity index (χ4n) is 2.33. The van der Waals surface area contributed by atoms with Gasteiger partial charge < -0.3 is 15.6 Å². The van der Waals surface area contributed by atoms with Crippen LogP contribution in [0.2, 0.25) is 0 Å². The van der Waals surface area contributed by atoms with Gasteiger partial charge in [0.15, 0.2) is 5.69 Å². The lowest BCUT2D eigenvalue weighted by Crippen LogP contribution is -2.20. The lowest BCUT2D eigenvalue weighted by Gasteiger charge is -2.07. The molecule has 0 radical (unpaired) electrons. The molecule has 3 N–H and O–H groups in total. The van der Waals surface area contributed by atoms with E-state index in [-0.39, 0.29) is 17.1 Å². The number of nitrogens with one attached hydrogen (secondary N) is 3. The van der Waals surface area contributed by atoms with Crippen LogP contribution in [0.3, 0.4) is 0 Å². The van der Waals surface area contributed by atoms with Crippen LogP contribution in [-0.4, -0.2) is 26.7 Å². The summed E-state index contributed by atoms with van der Waals surface area (Å²) in [5.41, 5.74) is 1.82. The first-order valence-electron chi connectivity index (χ1n) is 7.91. The van der Waals surface area contributed by atoms with Gasteiger partial charge in [-0.2, -0.15) is 0 Å². The van der Waals surface area contributed by atoms with Crippen molar-refractivity contribution in [2.45, 2.75) is 6.92 Å². The molecule has 0 fully saturated rings. The monoisotopic (exact) mass is 365 g/mol. The smallest absolute Gasteiger partial charge is 0.276 e. The molecule has 0 aliphatic rings. The van der Waals surface area contributed by atoms with Crippen molar-refractivity contribution in [3.05, 3.63) is 81.9 Å². The van der Waals surface area contributed by atoms with Gasteiger partial charge in [0.25, 0.3) is 17.5 Å². The molecule has 3 aromatic rings. The zero-order valence-corrected chi connectivity index (χ0v) is 14.2. The highest BCUT2D eigenvalue weighted by atomic mass is 16.6. The van der Waals surface area contributed by atoms with Crippen LogP contribution in [0.25, 0.3) is 0 Å². The van der Waals surface area contributed by atoms with Crippen molar-refractivity contribution in [3.63, 3.8) is 0 Å². The van der Waals surface area contributed by atoms with Gasteiger partial charge in [-0.05, 0) is 31.2 Å². The molecule has 27 heavy (non-hydrogen) atoms. The number of aromatic amines is 1. The quantitative estimate of drug-likeness (QED) is 0.472. The van der Waals surface area contributed by atoms with Gasteiger partial charge in [0.05, 0.1) is 11.3 Å². The Balaban J connectivity index is 1.73. The third-order valence-corrected chi connectivity index (χ3v) is 3.73. The molecule has 0 unspecified atom stereocenters. The van der Waals surface area contributed by atoms with Crippen molar-refractivity contribution < 1.29 is 14.5 Å². The van der Waals surface area contributed by atoms with Gasteiger partial charge in [0.2, 0.25) is 0 Å². The number of carbonyl (C=O) groups is 2. The molecule has 9 nitrogen and oxygen atoms in total. The van der Waals surface area contributed by atoms with E-state index in [1.54, 1.807) is 12.1 Å². The van der Waals surface area contributed by atoms with Crippen LogP contribution in [0, 0.1) is 17.0 Å². The normalized spacial score (nSPS) is 10.3. The van der Waals surface area contributed by atoms with Crippen LogP contribution < -0.4 is 10.6 Å². The number of nitrogens with zero attached hydrogens (tertiary/aromatic N) is 2. The molecule has 2 amide bonds. The summed E-state index contributed by atoms with van der Waals surface area (Å²) in [5, 5.41) is 15.9. The molecule has 1 heterocycles. The van der Waals surface area contributed by atoms with Gasteiger partial charge in [-0.1, -0.05) is 17.7 Å². The fraction of sp³-hybridized carbons (Fsp3) is 0.0556. The third-order valence-electron chi connectivity index (χ3n) is 3.73. The minimum atomic E-state index is -0.588. The molecule has 2 aromatic carbocycles. The Bertz CT molecular complexity index is 993. The number of hydrogen-bond donors (Lipinski definition) is 3. The van der Waals surface area contributed by atoms with E-state index in [1.165, 1.54) is 30.6 Å². The van der Waals surface area contributed by atoms with Crippen LogP contribution in [0.1, 0.15) is 26.5 Å². The molecule has 0 aliphatic heterocycles. The summed E-state index contributed by atoms with van der Waals surface area (Å²) < 4.78 is 0. The minimum absolute atomic E-state index is 0.0158. The molecule has 0 spiro atoms. The van der Waals surface area contributed by atoms with Crippen LogP contribution in [0.5, 0.6) is 0 Å². The molecule has 0 saturated carbocycles. The van der Waals surface area contributed by atoms with Gasteiger partial charge >= 0.3 is 0 Å². The third kappa shape index (κ3) is 4.15. The van der Waals surface area contributed by atoms with Gasteiger partial charge in [-0.25, -0.2) is 4.98 Å². The van der Waals surface area contributed by atoms with Crippen LogP contribution in [0.15, 0.2) is 54.9 Å². The predicted molar refractivity (Wildman–Crippen MR) is 98.8 cm³/mol. The van der Waals surface area contributed by atoms with E-state index in [1.807, 2.05) is 19.1 Å². The molecule has 1 aromatic heterocycles. The molecular weight excluding hydrogens is 350 g/mol. The van der Waals surface area contributed by atoms with E-state index < -0.39 is 16.7 Å². The topological polar surface area (TPSA) is 130 Å². The predicted octanol–water partition coefficient (Wildman–Crippen LogP) is 3.13. The Morgan fingerprint density at radius 1 is 0.963 bits per heavy atom. The Morgan fingerprint density at radius 3 is 2.11 bits per heavy atom. The molecule has 0 aliphatic carbocycles. The van der Waals surface area contributed by atoms with E-state index in [4.69, 9.17) is 0 Å². The second-order valence-corrected chi connectivity index (χ2v) is 5.70. The summed E-state index contributed by atoms with van der Waals surface area (Å²) in [7, 11) is 0. The Kier molecular flexibility index (Phi) is 4.93. The maximum absolute atomic E-state index is 12.4. The Hall–Kier alpha value is -4.01. The van der Waals surface area contributed by atoms with Crippen molar-refractivity contribution in [2.75, 3.05) is 10.6 Å². The molecule has 3 rings (SSSR count). The Labute approximate surface area is 153 Å². The summed E-state index contributed by atoms with van der Waals surface area (Å²) in [5.74, 6) is -1.12. The van der Waals surface area contributed by atoms with Crippen LogP contribution in [0.4, 0.5) is 17.1 Å². The second kappa shape index (κ2) is 7.48. The van der Waals surface area contributed by atoms with E-state index in [2.05, 4.69) is 20.6 Å². The summed E-state index contributed by atoms with van der Waals surface area (Å²) in [6, 6.07) is 12.5. The summed E-state index contributed by atoms with van der Waals surface area (Å²) in [6.07, 6.45) is 1.24. The number of amides is 2. The number of aromatic nitrogens is 2. The molecular formula is C18H15N5O4. The molecule has 0 bridgehead atoms. The van der Waals surface area contributed by atoms with Crippen molar-refractivity contribution in [1.82, 2.24) is 9.97 Å². The van der Waals surface area contributed by atoms with Crippen LogP contribution >= 0.6 is 0 Å². The highest BCUT2D eigenvalue weighted by Gasteiger charge is 2.21. The van der Waals surface area contributed by atoms with E-state index >= 15 is 0 Å². The molecule has 9 heteroatoms. The lowest BCUT2D eigenvalue weighted by atomic mass is 10.2. The van der Waals surface area contributed by atoms with Gasteiger partial charge in [0, 0.05) is 23.5 Å². The van der Waals surface area contributed by atoms with E-state index in [0.29, 0.717) is 11.4 Å². The first-order valence-corrected chi connectivity index (χ1v) is 7.91. The summed E-state index contributed by atoms with van der Waals surface area (Å²) in [6.45, 7) is 1.93. The molecule has 136 valence electrons. The van der Waals surface area contributed by atoms with E-state index in [0.717, 1.165) is 5.56 Å². The standard InChI is InChI=1S/C18H15N5O4/c1-11-2-4-12(5-3-11)21-17(24)15-16(20-10-19-15)18(25)22-13-6-8-14(9-7-13)23(26)27/h2-10H,1H3,(H,19,20)(H,21,24)(H,22,25). The van der Waals surface area contributed by atoms with Crippen molar-refractivity contribution in [2.24, 2.45) is 0 Å². The highest BCUT2D eigenvalue weighted by Crippen LogP contribution is 2.17. The lowest BCUT2D eigenvalue weighted by molar-refractivity contribution is -0.384. The number of nitro groups is 1.